The molecule has 0 bridgehead atoms. The minimum Gasteiger partial charge on any atom is -0.489 e. The van der Waals surface area contributed by atoms with Gasteiger partial charge in [-0.15, -0.1) is 0 Å². The summed E-state index contributed by atoms with van der Waals surface area (Å²) in [4.78, 5) is 11.2. The Morgan fingerprint density at radius 3 is 2.45 bits per heavy atom. The van der Waals surface area contributed by atoms with Gasteiger partial charge in [0.15, 0.2) is 0 Å². The lowest BCUT2D eigenvalue weighted by molar-refractivity contribution is 0.0697. The fourth-order valence-corrected chi connectivity index (χ4v) is 3.32. The van der Waals surface area contributed by atoms with Gasteiger partial charge in [0.25, 0.3) is 0 Å². The number of carboxylic acids is 1. The molecule has 4 rings (SSSR count). The van der Waals surface area contributed by atoms with Gasteiger partial charge in [0.05, 0.1) is 17.3 Å². The van der Waals surface area contributed by atoms with Gasteiger partial charge >= 0.3 is 5.97 Å². The highest BCUT2D eigenvalue weighted by molar-refractivity contribution is 5.95. The largest absolute Gasteiger partial charge is 0.489 e. The molecule has 0 radical (unpaired) electrons. The Bertz CT molecular complexity index is 1160. The maximum atomic E-state index is 11.2. The van der Waals surface area contributed by atoms with Crippen LogP contribution in [0.4, 0.5) is 0 Å². The number of nitrogens with zero attached hydrogens (tertiary/aromatic N) is 1. The predicted octanol–water partition coefficient (Wildman–Crippen LogP) is 5.90. The molecule has 1 aromatic heterocycles. The van der Waals surface area contributed by atoms with Crippen molar-refractivity contribution in [2.75, 3.05) is 0 Å². The molecule has 1 N–H and O–H groups in total. The Morgan fingerprint density at radius 1 is 1.00 bits per heavy atom. The Hall–Kier alpha value is -3.60. The molecule has 0 aliphatic heterocycles. The average Bonchev–Trinajstić information content (AvgIpc) is 3.21. The van der Waals surface area contributed by atoms with Crippen molar-refractivity contribution < 1.29 is 19.2 Å². The molecule has 0 atom stereocenters. The van der Waals surface area contributed by atoms with E-state index in [1.807, 2.05) is 48.5 Å². The summed E-state index contributed by atoms with van der Waals surface area (Å²) < 4.78 is 11.2. The van der Waals surface area contributed by atoms with Gasteiger partial charge in [0.1, 0.15) is 18.1 Å². The standard InChI is InChI=1S/C24H21NO4/c1-15(2)23-21(13-25-29-23)14-28-22-9-7-16(8-10-22)18-5-3-17-4-6-19(24(26)27)12-20(17)11-18/h3-13,15H,14H2,1-2H3,(H,26,27). The molecule has 5 heteroatoms. The lowest BCUT2D eigenvalue weighted by Crippen LogP contribution is -1.98. The minimum absolute atomic E-state index is 0.257. The van der Waals surface area contributed by atoms with Crippen LogP contribution in [0.2, 0.25) is 0 Å². The Labute approximate surface area is 168 Å². The molecule has 1 heterocycles. The monoisotopic (exact) mass is 387 g/mol. The molecule has 4 aromatic rings. The van der Waals surface area contributed by atoms with Crippen molar-refractivity contribution in [2.24, 2.45) is 0 Å². The molecule has 0 fully saturated rings. The lowest BCUT2D eigenvalue weighted by atomic mass is 10.00. The molecular weight excluding hydrogens is 366 g/mol. The van der Waals surface area contributed by atoms with Crippen molar-refractivity contribution in [1.29, 1.82) is 0 Å². The number of ether oxygens (including phenoxy) is 1. The zero-order valence-electron chi connectivity index (χ0n) is 16.3. The predicted molar refractivity (Wildman–Crippen MR) is 111 cm³/mol. The first-order chi connectivity index (χ1) is 14.0. The van der Waals surface area contributed by atoms with Crippen LogP contribution in [0.5, 0.6) is 5.75 Å². The Balaban J connectivity index is 1.52. The number of aromatic carboxylic acids is 1. The molecule has 3 aromatic carbocycles. The van der Waals surface area contributed by atoms with Gasteiger partial charge in [-0.1, -0.05) is 49.3 Å². The van der Waals surface area contributed by atoms with Crippen molar-refractivity contribution in [3.63, 3.8) is 0 Å². The van der Waals surface area contributed by atoms with Crippen LogP contribution in [0.3, 0.4) is 0 Å². The van der Waals surface area contributed by atoms with Crippen molar-refractivity contribution in [3.05, 3.63) is 83.7 Å². The smallest absolute Gasteiger partial charge is 0.335 e. The molecule has 0 aliphatic carbocycles. The zero-order valence-corrected chi connectivity index (χ0v) is 16.3. The second-order valence-corrected chi connectivity index (χ2v) is 7.26. The van der Waals surface area contributed by atoms with Crippen LogP contribution in [0.15, 0.2) is 71.4 Å². The summed E-state index contributed by atoms with van der Waals surface area (Å²) in [6.45, 7) is 4.52. The van der Waals surface area contributed by atoms with E-state index in [0.29, 0.717) is 6.61 Å². The molecule has 0 unspecified atom stereocenters. The molecule has 5 nitrogen and oxygen atoms in total. The molecular formula is C24H21NO4. The Morgan fingerprint density at radius 2 is 1.72 bits per heavy atom. The third-order valence-electron chi connectivity index (χ3n) is 4.87. The summed E-state index contributed by atoms with van der Waals surface area (Å²) >= 11 is 0. The second kappa shape index (κ2) is 7.80. The quantitative estimate of drug-likeness (QED) is 0.446. The van der Waals surface area contributed by atoms with Crippen LogP contribution in [0.1, 0.15) is 41.4 Å². The van der Waals surface area contributed by atoms with E-state index < -0.39 is 5.97 Å². The van der Waals surface area contributed by atoms with Crippen molar-refractivity contribution >= 4 is 16.7 Å². The molecule has 0 spiro atoms. The van der Waals surface area contributed by atoms with Gasteiger partial charge < -0.3 is 14.4 Å². The van der Waals surface area contributed by atoms with E-state index >= 15 is 0 Å². The van der Waals surface area contributed by atoms with Crippen molar-refractivity contribution in [1.82, 2.24) is 5.16 Å². The van der Waals surface area contributed by atoms with Crippen molar-refractivity contribution in [2.45, 2.75) is 26.4 Å². The number of fused-ring (bicyclic) bond motifs is 1. The van der Waals surface area contributed by atoms with Crippen LogP contribution >= 0.6 is 0 Å². The van der Waals surface area contributed by atoms with Crippen LogP contribution in [0.25, 0.3) is 21.9 Å². The van der Waals surface area contributed by atoms with Crippen LogP contribution in [0, 0.1) is 0 Å². The van der Waals surface area contributed by atoms with Crippen molar-refractivity contribution in [3.8, 4) is 16.9 Å². The lowest BCUT2D eigenvalue weighted by Gasteiger charge is -2.09. The van der Waals surface area contributed by atoms with Gasteiger partial charge in [-0.2, -0.15) is 0 Å². The number of rotatable bonds is 6. The molecule has 0 amide bonds. The van der Waals surface area contributed by atoms with E-state index in [2.05, 4.69) is 19.0 Å². The highest BCUT2D eigenvalue weighted by Crippen LogP contribution is 2.27. The van der Waals surface area contributed by atoms with Crippen LogP contribution in [-0.2, 0) is 6.61 Å². The van der Waals surface area contributed by atoms with Crippen LogP contribution in [-0.4, -0.2) is 16.2 Å². The topological polar surface area (TPSA) is 72.6 Å². The first-order valence-corrected chi connectivity index (χ1v) is 9.45. The van der Waals surface area contributed by atoms with E-state index in [1.165, 1.54) is 0 Å². The van der Waals surface area contributed by atoms with Gasteiger partial charge in [0, 0.05) is 5.92 Å². The number of carboxylic acid groups (broad SMARTS) is 1. The van der Waals surface area contributed by atoms with Gasteiger partial charge in [-0.05, 0) is 52.2 Å². The highest BCUT2D eigenvalue weighted by atomic mass is 16.5. The normalized spacial score (nSPS) is 11.1. The third kappa shape index (κ3) is 3.99. The fourth-order valence-electron chi connectivity index (χ4n) is 3.32. The number of benzene rings is 3. The van der Waals surface area contributed by atoms with E-state index in [-0.39, 0.29) is 11.5 Å². The van der Waals surface area contributed by atoms with E-state index in [0.717, 1.165) is 39.0 Å². The number of carbonyl (C=O) groups is 1. The van der Waals surface area contributed by atoms with Crippen LogP contribution < -0.4 is 4.74 Å². The van der Waals surface area contributed by atoms with Gasteiger partial charge in [-0.25, -0.2) is 4.79 Å². The summed E-state index contributed by atoms with van der Waals surface area (Å²) in [5.41, 5.74) is 3.29. The average molecular weight is 387 g/mol. The summed E-state index contributed by atoms with van der Waals surface area (Å²) in [7, 11) is 0. The number of aromatic nitrogens is 1. The minimum atomic E-state index is -0.924. The summed E-state index contributed by atoms with van der Waals surface area (Å²) in [5, 5.41) is 15.0. The first-order valence-electron chi connectivity index (χ1n) is 9.45. The van der Waals surface area contributed by atoms with Gasteiger partial charge in [0.2, 0.25) is 0 Å². The first kappa shape index (κ1) is 18.7. The fraction of sp³-hybridized carbons (Fsp3) is 0.167. The van der Waals surface area contributed by atoms with Gasteiger partial charge in [-0.3, -0.25) is 0 Å². The van der Waals surface area contributed by atoms with E-state index in [9.17, 15) is 9.90 Å². The molecule has 29 heavy (non-hydrogen) atoms. The maximum absolute atomic E-state index is 11.2. The molecule has 0 saturated carbocycles. The number of hydrogen-bond donors (Lipinski definition) is 1. The molecule has 0 aliphatic rings. The summed E-state index contributed by atoms with van der Waals surface area (Å²) in [6.07, 6.45) is 1.70. The van der Waals surface area contributed by atoms with E-state index in [4.69, 9.17) is 9.26 Å². The highest BCUT2D eigenvalue weighted by Gasteiger charge is 2.12. The number of hydrogen-bond acceptors (Lipinski definition) is 4. The molecule has 0 saturated heterocycles. The molecule has 146 valence electrons. The SMILES string of the molecule is CC(C)c1oncc1COc1ccc(-c2ccc3ccc(C(=O)O)cc3c2)cc1. The summed E-state index contributed by atoms with van der Waals surface area (Å²) in [6, 6.07) is 19.0. The zero-order chi connectivity index (χ0) is 20.4. The third-order valence-corrected chi connectivity index (χ3v) is 4.87. The second-order valence-electron chi connectivity index (χ2n) is 7.26. The summed E-state index contributed by atoms with van der Waals surface area (Å²) in [5.74, 6) is 0.942. The van der Waals surface area contributed by atoms with E-state index in [1.54, 1.807) is 18.3 Å². The Kier molecular flexibility index (Phi) is 5.04. The maximum Gasteiger partial charge on any atom is 0.335 e.